The Labute approximate surface area is 151 Å². The molecule has 1 saturated carbocycles. The lowest BCUT2D eigenvalue weighted by molar-refractivity contribution is -0.123. The predicted octanol–water partition coefficient (Wildman–Crippen LogP) is 0.426. The van der Waals surface area contributed by atoms with Crippen molar-refractivity contribution < 1.29 is 22.7 Å². The lowest BCUT2D eigenvalue weighted by Gasteiger charge is -2.25. The lowest BCUT2D eigenvalue weighted by atomic mass is 9.91. The Kier molecular flexibility index (Phi) is 4.37. The second kappa shape index (κ2) is 6.26. The third kappa shape index (κ3) is 2.89. The molecule has 10 heteroatoms. The molecule has 1 saturated heterocycles. The van der Waals surface area contributed by atoms with Gasteiger partial charge in [-0.15, -0.1) is 0 Å². The highest BCUT2D eigenvalue weighted by molar-refractivity contribution is 7.89. The minimum absolute atomic E-state index is 0.0642. The normalized spacial score (nSPS) is 22.7. The molecule has 0 unspecified atom stereocenters. The molecule has 1 aliphatic heterocycles. The summed E-state index contributed by atoms with van der Waals surface area (Å²) in [7, 11) is -2.54. The SMILES string of the molecule is COc1ccc(S(=O)(=O)N(CC#N)C2CC2)cc1[C@@]1(C)NC(=O)NC1=O. The molecule has 1 heterocycles. The van der Waals surface area contributed by atoms with Crippen molar-refractivity contribution in [1.29, 1.82) is 5.26 Å². The average molecular weight is 378 g/mol. The maximum atomic E-state index is 13.0. The molecule has 2 aliphatic rings. The van der Waals surface area contributed by atoms with Crippen LogP contribution >= 0.6 is 0 Å². The highest BCUT2D eigenvalue weighted by Crippen LogP contribution is 2.37. The van der Waals surface area contributed by atoms with Crippen molar-refractivity contribution in [1.82, 2.24) is 14.9 Å². The van der Waals surface area contributed by atoms with Gasteiger partial charge in [0.15, 0.2) is 0 Å². The van der Waals surface area contributed by atoms with E-state index in [4.69, 9.17) is 10.00 Å². The Bertz CT molecular complexity index is 919. The summed E-state index contributed by atoms with van der Waals surface area (Å²) in [6.45, 7) is 1.22. The van der Waals surface area contributed by atoms with Gasteiger partial charge in [-0.25, -0.2) is 13.2 Å². The first-order valence-electron chi connectivity index (χ1n) is 7.95. The number of hydrogen-bond donors (Lipinski definition) is 2. The molecule has 0 bridgehead atoms. The van der Waals surface area contributed by atoms with Crippen LogP contribution in [-0.2, 0) is 20.4 Å². The van der Waals surface area contributed by atoms with Crippen molar-refractivity contribution in [2.45, 2.75) is 36.2 Å². The Morgan fingerprint density at radius 1 is 1.38 bits per heavy atom. The number of amides is 3. The first kappa shape index (κ1) is 18.2. The van der Waals surface area contributed by atoms with Crippen molar-refractivity contribution in [2.24, 2.45) is 0 Å². The van der Waals surface area contributed by atoms with Crippen LogP contribution in [0.1, 0.15) is 25.3 Å². The van der Waals surface area contributed by atoms with Crippen molar-refractivity contribution in [2.75, 3.05) is 13.7 Å². The first-order chi connectivity index (χ1) is 12.2. The minimum Gasteiger partial charge on any atom is -0.496 e. The lowest BCUT2D eigenvalue weighted by Crippen LogP contribution is -2.41. The number of nitriles is 1. The van der Waals surface area contributed by atoms with Crippen LogP contribution in [0.15, 0.2) is 23.1 Å². The molecular weight excluding hydrogens is 360 g/mol. The number of ether oxygens (including phenoxy) is 1. The fourth-order valence-electron chi connectivity index (χ4n) is 2.95. The van der Waals surface area contributed by atoms with Gasteiger partial charge in [-0.05, 0) is 38.0 Å². The van der Waals surface area contributed by atoms with Crippen LogP contribution in [0.2, 0.25) is 0 Å². The molecule has 1 aromatic carbocycles. The van der Waals surface area contributed by atoms with E-state index in [2.05, 4.69) is 10.6 Å². The summed E-state index contributed by atoms with van der Waals surface area (Å²) < 4.78 is 32.3. The smallest absolute Gasteiger partial charge is 0.322 e. The average Bonchev–Trinajstić information content (AvgIpc) is 3.39. The standard InChI is InChI=1S/C16H18N4O5S/c1-16(14(21)18-15(22)19-16)12-9-11(5-6-13(12)25-2)26(23,24)20(8-7-17)10-3-4-10/h5-6,9-10H,3-4,8H2,1-2H3,(H2,18,19,21,22)/t16-/m1/s1. The second-order valence-corrected chi connectivity index (χ2v) is 8.23. The van der Waals surface area contributed by atoms with E-state index in [-0.39, 0.29) is 28.8 Å². The van der Waals surface area contributed by atoms with Gasteiger partial charge in [0.1, 0.15) is 17.8 Å². The van der Waals surface area contributed by atoms with Crippen LogP contribution in [0.3, 0.4) is 0 Å². The molecule has 0 radical (unpaired) electrons. The summed E-state index contributed by atoms with van der Waals surface area (Å²) in [5.74, 6) is -0.339. The molecule has 138 valence electrons. The van der Waals surface area contributed by atoms with E-state index in [1.165, 1.54) is 32.2 Å². The maximum Gasteiger partial charge on any atom is 0.322 e. The Hall–Kier alpha value is -2.64. The molecule has 26 heavy (non-hydrogen) atoms. The van der Waals surface area contributed by atoms with Gasteiger partial charge in [0.25, 0.3) is 5.91 Å². The number of carbonyl (C=O) groups is 2. The first-order valence-corrected chi connectivity index (χ1v) is 9.39. The monoisotopic (exact) mass is 378 g/mol. The second-order valence-electron chi connectivity index (χ2n) is 6.33. The van der Waals surface area contributed by atoms with Gasteiger partial charge in [-0.1, -0.05) is 0 Å². The van der Waals surface area contributed by atoms with Crippen LogP contribution in [0, 0.1) is 11.3 Å². The number of benzene rings is 1. The molecule has 2 N–H and O–H groups in total. The molecule has 1 atom stereocenters. The molecular formula is C16H18N4O5S. The van der Waals surface area contributed by atoms with Gasteiger partial charge < -0.3 is 10.1 Å². The molecule has 0 spiro atoms. The third-order valence-electron chi connectivity index (χ3n) is 4.54. The van der Waals surface area contributed by atoms with E-state index in [1.807, 2.05) is 6.07 Å². The van der Waals surface area contributed by atoms with Crippen LogP contribution in [0.25, 0.3) is 0 Å². The van der Waals surface area contributed by atoms with Gasteiger partial charge in [-0.3, -0.25) is 10.1 Å². The molecule has 1 aromatic rings. The molecule has 1 aliphatic carbocycles. The zero-order valence-corrected chi connectivity index (χ0v) is 15.1. The summed E-state index contributed by atoms with van der Waals surface area (Å²) >= 11 is 0. The van der Waals surface area contributed by atoms with Crippen LogP contribution < -0.4 is 15.4 Å². The highest BCUT2D eigenvalue weighted by Gasteiger charge is 2.46. The van der Waals surface area contributed by atoms with Gasteiger partial charge >= 0.3 is 6.03 Å². The number of nitrogens with zero attached hydrogens (tertiary/aromatic N) is 2. The zero-order valence-electron chi connectivity index (χ0n) is 14.3. The van der Waals surface area contributed by atoms with Crippen LogP contribution in [-0.4, -0.2) is 44.4 Å². The fraction of sp³-hybridized carbons (Fsp3) is 0.438. The van der Waals surface area contributed by atoms with E-state index in [0.717, 1.165) is 4.31 Å². The number of methoxy groups -OCH3 is 1. The van der Waals surface area contributed by atoms with E-state index >= 15 is 0 Å². The third-order valence-corrected chi connectivity index (χ3v) is 6.44. The zero-order chi connectivity index (χ0) is 19.1. The van der Waals surface area contributed by atoms with Crippen molar-refractivity contribution in [3.8, 4) is 11.8 Å². The quantitative estimate of drug-likeness (QED) is 0.545. The van der Waals surface area contributed by atoms with E-state index in [9.17, 15) is 18.0 Å². The van der Waals surface area contributed by atoms with E-state index in [1.54, 1.807) is 0 Å². The highest BCUT2D eigenvalue weighted by atomic mass is 32.2. The predicted molar refractivity (Wildman–Crippen MR) is 89.5 cm³/mol. The Balaban J connectivity index is 2.10. The number of rotatable bonds is 6. The van der Waals surface area contributed by atoms with Gasteiger partial charge in [-0.2, -0.15) is 9.57 Å². The Morgan fingerprint density at radius 2 is 2.08 bits per heavy atom. The number of nitrogens with one attached hydrogen (secondary N) is 2. The summed E-state index contributed by atoms with van der Waals surface area (Å²) in [6, 6.07) is 5.13. The number of carbonyl (C=O) groups excluding carboxylic acids is 2. The van der Waals surface area contributed by atoms with Crippen molar-refractivity contribution >= 4 is 22.0 Å². The number of sulfonamides is 1. The largest absolute Gasteiger partial charge is 0.496 e. The van der Waals surface area contributed by atoms with Crippen molar-refractivity contribution in [3.05, 3.63) is 23.8 Å². The maximum absolute atomic E-state index is 13.0. The fourth-order valence-corrected chi connectivity index (χ4v) is 4.56. The number of urea groups is 1. The summed E-state index contributed by atoms with van der Waals surface area (Å²) in [4.78, 5) is 23.7. The van der Waals surface area contributed by atoms with Gasteiger partial charge in [0.2, 0.25) is 10.0 Å². The molecule has 3 rings (SSSR count). The molecule has 2 fully saturated rings. The summed E-state index contributed by atoms with van der Waals surface area (Å²) in [5, 5.41) is 13.6. The van der Waals surface area contributed by atoms with Crippen LogP contribution in [0.5, 0.6) is 5.75 Å². The van der Waals surface area contributed by atoms with Gasteiger partial charge in [0, 0.05) is 11.6 Å². The number of hydrogen-bond acceptors (Lipinski definition) is 6. The summed E-state index contributed by atoms with van der Waals surface area (Å²) in [6.07, 6.45) is 1.42. The van der Waals surface area contributed by atoms with E-state index in [0.29, 0.717) is 12.8 Å². The summed E-state index contributed by atoms with van der Waals surface area (Å²) in [5.41, 5.74) is -1.25. The minimum atomic E-state index is -3.92. The molecule has 0 aromatic heterocycles. The van der Waals surface area contributed by atoms with Crippen LogP contribution in [0.4, 0.5) is 4.79 Å². The van der Waals surface area contributed by atoms with E-state index < -0.39 is 27.5 Å². The Morgan fingerprint density at radius 3 is 2.58 bits per heavy atom. The topological polar surface area (TPSA) is 129 Å². The molecule has 3 amide bonds. The van der Waals surface area contributed by atoms with Crippen molar-refractivity contribution in [3.63, 3.8) is 0 Å². The van der Waals surface area contributed by atoms with Gasteiger partial charge in [0.05, 0.1) is 18.1 Å². The molecule has 9 nitrogen and oxygen atoms in total. The number of imide groups is 1.